The number of rotatable bonds is 7. The molecule has 1 unspecified atom stereocenters. The van der Waals surface area contributed by atoms with Crippen molar-refractivity contribution in [2.45, 2.75) is 48.3 Å². The molecule has 2 atom stereocenters. The van der Waals surface area contributed by atoms with Crippen LogP contribution in [0.15, 0.2) is 65.6 Å². The molecule has 9 nitrogen and oxygen atoms in total. The lowest BCUT2D eigenvalue weighted by Crippen LogP contribution is -2.31. The van der Waals surface area contributed by atoms with E-state index in [1.165, 1.54) is 24.3 Å². The number of aryl methyl sites for hydroxylation is 1. The lowest BCUT2D eigenvalue weighted by atomic mass is 10.0. The number of hydrogen-bond acceptors (Lipinski definition) is 6. The van der Waals surface area contributed by atoms with Crippen molar-refractivity contribution in [2.24, 2.45) is 0 Å². The molecule has 1 aliphatic heterocycles. The van der Waals surface area contributed by atoms with Gasteiger partial charge in [-0.25, -0.2) is 26.5 Å². The van der Waals surface area contributed by atoms with Crippen LogP contribution >= 0.6 is 0 Å². The fraction of sp³-hybridized carbons (Fsp3) is 0.259. The Morgan fingerprint density at radius 3 is 2.11 bits per heavy atom. The average Bonchev–Trinajstić information content (AvgIpc) is 3.45. The third-order valence-electron chi connectivity index (χ3n) is 6.95. The molecule has 44 heavy (non-hydrogen) atoms. The topological polar surface area (TPSA) is 138 Å². The van der Waals surface area contributed by atoms with Gasteiger partial charge >= 0.3 is 12.4 Å². The predicted octanol–water partition coefficient (Wildman–Crippen LogP) is 5.06. The first kappa shape index (κ1) is 31.5. The summed E-state index contributed by atoms with van der Waals surface area (Å²) in [6.07, 6.45) is -11.0. The summed E-state index contributed by atoms with van der Waals surface area (Å²) in [4.78, 5) is 17.7. The summed E-state index contributed by atoms with van der Waals surface area (Å²) >= 11 is 0. The van der Waals surface area contributed by atoms with E-state index in [1.54, 1.807) is 25.1 Å². The predicted molar refractivity (Wildman–Crippen MR) is 145 cm³/mol. The molecular weight excluding hydrogens is 638 g/mol. The summed E-state index contributed by atoms with van der Waals surface area (Å²) in [6.45, 7) is 1.79. The van der Waals surface area contributed by atoms with E-state index in [9.17, 15) is 48.0 Å². The number of sulfonamides is 2. The molecular formula is C27H22F6N4O5S2. The molecule has 3 N–H and O–H groups in total. The highest BCUT2D eigenvalue weighted by atomic mass is 32.2. The van der Waals surface area contributed by atoms with Gasteiger partial charge in [0.15, 0.2) is 0 Å². The SMILES string of the molecule is Cc1ccc2nc([C@H](Cc3ccc(C4CC(=O)NS4(=O)=O)cc3)NS(=O)(=O)c3cc(C(F)(F)F)cc(C(F)(F)F)c3)[nH]c2c1. The molecule has 4 aromatic rings. The molecule has 1 aliphatic rings. The van der Waals surface area contributed by atoms with E-state index in [1.807, 2.05) is 4.72 Å². The van der Waals surface area contributed by atoms with Crippen molar-refractivity contribution < 1.29 is 48.0 Å². The lowest BCUT2D eigenvalue weighted by molar-refractivity contribution is -0.143. The minimum Gasteiger partial charge on any atom is -0.341 e. The van der Waals surface area contributed by atoms with Crippen molar-refractivity contribution in [1.82, 2.24) is 19.4 Å². The molecule has 0 aliphatic carbocycles. The van der Waals surface area contributed by atoms with Gasteiger partial charge in [0.25, 0.3) is 0 Å². The van der Waals surface area contributed by atoms with Gasteiger partial charge in [0.1, 0.15) is 11.1 Å². The van der Waals surface area contributed by atoms with Crippen LogP contribution in [0.2, 0.25) is 0 Å². The maximum Gasteiger partial charge on any atom is 0.416 e. The highest BCUT2D eigenvalue weighted by molar-refractivity contribution is 7.90. The number of fused-ring (bicyclic) bond motifs is 1. The van der Waals surface area contributed by atoms with Gasteiger partial charge in [0.05, 0.1) is 39.5 Å². The van der Waals surface area contributed by atoms with Gasteiger partial charge in [0.2, 0.25) is 26.0 Å². The zero-order valence-electron chi connectivity index (χ0n) is 22.4. The minimum absolute atomic E-state index is 0.0226. The van der Waals surface area contributed by atoms with Crippen molar-refractivity contribution in [1.29, 1.82) is 0 Å². The van der Waals surface area contributed by atoms with E-state index in [4.69, 9.17) is 0 Å². The van der Waals surface area contributed by atoms with E-state index in [2.05, 4.69) is 14.7 Å². The molecule has 1 amide bonds. The van der Waals surface area contributed by atoms with Crippen molar-refractivity contribution in [3.05, 3.63) is 94.3 Å². The van der Waals surface area contributed by atoms with Gasteiger partial charge in [-0.1, -0.05) is 30.3 Å². The molecule has 0 bridgehead atoms. The monoisotopic (exact) mass is 660 g/mol. The van der Waals surface area contributed by atoms with Crippen LogP contribution in [0.25, 0.3) is 11.0 Å². The van der Waals surface area contributed by atoms with Gasteiger partial charge in [-0.15, -0.1) is 0 Å². The first-order valence-electron chi connectivity index (χ1n) is 12.7. The molecule has 5 rings (SSSR count). The number of hydrogen-bond donors (Lipinski definition) is 3. The maximum absolute atomic E-state index is 13.4. The standard InChI is InChI=1S/C27H22F6N4O5S2/c1-14-2-7-20-21(8-14)35-25(34-20)22(9-15-3-5-16(6-4-15)23-13-24(38)37-44(23,41)42)36-43(39,40)19-11-17(26(28,29)30)10-18(12-19)27(31,32)33/h2-8,10-12,22-23,36H,9,13H2,1H3,(H,34,35)(H,37,38)/t22-,23?/m0/s1. The minimum atomic E-state index is -5.27. The molecule has 234 valence electrons. The Morgan fingerprint density at radius 2 is 1.57 bits per heavy atom. The summed E-state index contributed by atoms with van der Waals surface area (Å²) in [5.41, 5.74) is -1.14. The van der Waals surface area contributed by atoms with Crippen LogP contribution in [-0.4, -0.2) is 32.7 Å². The largest absolute Gasteiger partial charge is 0.416 e. The Kier molecular flexibility index (Phi) is 7.78. The quantitative estimate of drug-likeness (QED) is 0.237. The van der Waals surface area contributed by atoms with Crippen LogP contribution in [0.4, 0.5) is 26.3 Å². The summed E-state index contributed by atoms with van der Waals surface area (Å²) in [7, 11) is -8.95. The van der Waals surface area contributed by atoms with Crippen molar-refractivity contribution >= 4 is 37.0 Å². The Balaban J connectivity index is 1.53. The van der Waals surface area contributed by atoms with Crippen LogP contribution in [-0.2, 0) is 43.6 Å². The van der Waals surface area contributed by atoms with E-state index in [0.29, 0.717) is 16.6 Å². The Labute approximate surface area is 246 Å². The average molecular weight is 661 g/mol. The summed E-state index contributed by atoms with van der Waals surface area (Å²) in [5, 5.41) is -1.14. The smallest absolute Gasteiger partial charge is 0.341 e. The number of benzene rings is 3. The first-order chi connectivity index (χ1) is 20.3. The van der Waals surface area contributed by atoms with Gasteiger partial charge in [-0.3, -0.25) is 9.52 Å². The second-order valence-electron chi connectivity index (χ2n) is 10.3. The Hall–Kier alpha value is -3.96. The van der Waals surface area contributed by atoms with E-state index in [0.717, 1.165) is 5.56 Å². The van der Waals surface area contributed by atoms with E-state index < -0.39 is 65.6 Å². The maximum atomic E-state index is 13.4. The van der Waals surface area contributed by atoms with Gasteiger partial charge in [-0.2, -0.15) is 26.3 Å². The van der Waals surface area contributed by atoms with Crippen LogP contribution in [0.1, 0.15) is 51.4 Å². The van der Waals surface area contributed by atoms with E-state index >= 15 is 0 Å². The number of halogens is 6. The first-order valence-corrected chi connectivity index (χ1v) is 15.8. The Morgan fingerprint density at radius 1 is 0.955 bits per heavy atom. The van der Waals surface area contributed by atoms with Crippen molar-refractivity contribution in [3.8, 4) is 0 Å². The normalized spacial score (nSPS) is 18.0. The third-order valence-corrected chi connectivity index (χ3v) is 10.1. The van der Waals surface area contributed by atoms with Crippen molar-refractivity contribution in [3.63, 3.8) is 0 Å². The highest BCUT2D eigenvalue weighted by Crippen LogP contribution is 2.38. The van der Waals surface area contributed by atoms with Crippen LogP contribution in [0.3, 0.4) is 0 Å². The zero-order chi connectivity index (χ0) is 32.2. The highest BCUT2D eigenvalue weighted by Gasteiger charge is 2.39. The molecule has 1 saturated heterocycles. The third kappa shape index (κ3) is 6.58. The number of aromatic nitrogens is 2. The number of imidazole rings is 1. The van der Waals surface area contributed by atoms with Crippen molar-refractivity contribution in [2.75, 3.05) is 0 Å². The number of carbonyl (C=O) groups is 1. The molecule has 17 heteroatoms. The second kappa shape index (κ2) is 10.9. The fourth-order valence-corrected chi connectivity index (χ4v) is 7.49. The van der Waals surface area contributed by atoms with Gasteiger partial charge in [0, 0.05) is 0 Å². The van der Waals surface area contributed by atoms with E-state index in [-0.39, 0.29) is 42.4 Å². The number of carbonyl (C=O) groups excluding carboxylic acids is 1. The number of alkyl halides is 6. The zero-order valence-corrected chi connectivity index (χ0v) is 24.0. The molecule has 0 radical (unpaired) electrons. The second-order valence-corrected chi connectivity index (χ2v) is 13.8. The molecule has 0 saturated carbocycles. The molecule has 3 aromatic carbocycles. The number of H-pyrrole nitrogens is 1. The fourth-order valence-electron chi connectivity index (χ4n) is 4.79. The number of aromatic amines is 1. The van der Waals surface area contributed by atoms with Gasteiger partial charge < -0.3 is 4.98 Å². The summed E-state index contributed by atoms with van der Waals surface area (Å²) in [5.74, 6) is -0.647. The summed E-state index contributed by atoms with van der Waals surface area (Å²) in [6, 6.07) is 9.61. The number of nitrogens with one attached hydrogen (secondary N) is 3. The van der Waals surface area contributed by atoms with Crippen LogP contribution in [0, 0.1) is 6.92 Å². The molecule has 0 spiro atoms. The molecule has 1 fully saturated rings. The summed E-state index contributed by atoms with van der Waals surface area (Å²) < 4.78 is 136. The molecule has 2 heterocycles. The van der Waals surface area contributed by atoms with Crippen LogP contribution < -0.4 is 9.44 Å². The van der Waals surface area contributed by atoms with Gasteiger partial charge in [-0.05, 0) is 60.4 Å². The number of amides is 1. The van der Waals surface area contributed by atoms with Crippen LogP contribution in [0.5, 0.6) is 0 Å². The number of nitrogens with zero attached hydrogens (tertiary/aromatic N) is 1. The Bertz CT molecular complexity index is 1940. The lowest BCUT2D eigenvalue weighted by Gasteiger charge is -2.19. The molecule has 1 aromatic heterocycles.